The van der Waals surface area contributed by atoms with Gasteiger partial charge in [-0.05, 0) is 0 Å². The average Bonchev–Trinajstić information content (AvgIpc) is 1.84. The fourth-order valence-electron chi connectivity index (χ4n) is 0.679. The predicted octanol–water partition coefficient (Wildman–Crippen LogP) is -0.517. The Morgan fingerprint density at radius 3 is 1.17 bits per heavy atom. The Labute approximate surface area is 95.8 Å². The molecule has 0 bridgehead atoms. The Morgan fingerprint density at radius 1 is 0.750 bits per heavy atom. The van der Waals surface area contributed by atoms with Gasteiger partial charge in [0.05, 0.1) is 39.4 Å². The average molecular weight is 288 g/mol. The summed E-state index contributed by atoms with van der Waals surface area (Å²) in [5.74, 6) is 0. The van der Waals surface area contributed by atoms with Gasteiger partial charge in [0.15, 0.2) is 0 Å². The minimum atomic E-state index is -1.07. The largest absolute Gasteiger partial charge is 0.395 e. The highest BCUT2D eigenvalue weighted by Gasteiger charge is 2.22. The van der Waals surface area contributed by atoms with Gasteiger partial charge in [-0.3, -0.25) is 0 Å². The maximum atomic E-state index is 9.30. The van der Waals surface area contributed by atoms with Crippen molar-refractivity contribution in [2.24, 2.45) is 0 Å². The van der Waals surface area contributed by atoms with Crippen molar-refractivity contribution < 1.29 is 10.2 Å². The maximum absolute atomic E-state index is 9.30. The van der Waals surface area contributed by atoms with Crippen molar-refractivity contribution in [2.45, 2.75) is 20.4 Å². The van der Waals surface area contributed by atoms with E-state index in [2.05, 4.69) is 0 Å². The van der Waals surface area contributed by atoms with Gasteiger partial charge in [0.1, 0.15) is 0 Å². The third-order valence-electron chi connectivity index (χ3n) is 1.28. The molecule has 0 aliphatic carbocycles. The van der Waals surface area contributed by atoms with Crippen LogP contribution in [0.15, 0.2) is 0 Å². The summed E-state index contributed by atoms with van der Waals surface area (Å²) in [7, 11) is -2.13. The summed E-state index contributed by atoms with van der Waals surface area (Å²) in [6.45, 7) is 0. The fraction of sp³-hybridized carbons (Fsp3) is 1.00. The molecule has 0 amide bonds. The van der Waals surface area contributed by atoms with Crippen molar-refractivity contribution in [3.05, 3.63) is 0 Å². The molecular weight excluding hydrogens is 278 g/mol. The lowest BCUT2D eigenvalue weighted by Gasteiger charge is -2.17. The number of aliphatic hydroxyl groups excluding tert-OH is 2. The molecule has 0 saturated carbocycles. The molecule has 2 unspecified atom stereocenters. The number of hydrogen-bond donors (Lipinski definition) is 2. The summed E-state index contributed by atoms with van der Waals surface area (Å²) >= 11 is 21.8. The summed E-state index contributed by atoms with van der Waals surface area (Å²) < 4.78 is -1.07. The number of hydrogen-bond acceptors (Lipinski definition) is 2. The monoisotopic (exact) mass is 286 g/mol. The van der Waals surface area contributed by atoms with E-state index in [1.165, 1.54) is 0 Å². The van der Waals surface area contributed by atoms with Crippen molar-refractivity contribution in [3.8, 4) is 0 Å². The van der Waals surface area contributed by atoms with Gasteiger partial charge in [-0.1, -0.05) is 0 Å². The molecule has 0 aromatic carbocycles. The Morgan fingerprint density at radius 2 is 1.00 bits per heavy atom. The first-order valence-electron chi connectivity index (χ1n) is 3.36. The van der Waals surface area contributed by atoms with E-state index >= 15 is 0 Å². The molecule has 0 aliphatic heterocycles. The van der Waals surface area contributed by atoms with Crippen molar-refractivity contribution in [1.29, 1.82) is 0 Å². The Kier molecular flexibility index (Phi) is 7.76. The number of halogens is 4. The number of alkyl halides is 4. The SMILES string of the molecule is OC([SiH2]C(Cl)Cl)C(O)[SiH2]C(Cl)Cl. The summed E-state index contributed by atoms with van der Waals surface area (Å²) in [5.41, 5.74) is -1.56. The van der Waals surface area contributed by atoms with Crippen molar-refractivity contribution in [1.82, 2.24) is 0 Å². The molecule has 0 heterocycles. The summed E-state index contributed by atoms with van der Waals surface area (Å²) in [6.07, 6.45) is 0. The summed E-state index contributed by atoms with van der Waals surface area (Å²) in [4.78, 5) is 0. The minimum absolute atomic E-state index is 0.534. The van der Waals surface area contributed by atoms with E-state index in [0.29, 0.717) is 0 Å². The van der Waals surface area contributed by atoms with E-state index in [1.807, 2.05) is 0 Å². The first-order valence-corrected chi connectivity index (χ1v) is 8.37. The van der Waals surface area contributed by atoms with E-state index in [1.54, 1.807) is 0 Å². The molecule has 0 rings (SSSR count). The Balaban J connectivity index is 3.68. The van der Waals surface area contributed by atoms with E-state index < -0.39 is 39.4 Å². The van der Waals surface area contributed by atoms with Gasteiger partial charge >= 0.3 is 0 Å². The van der Waals surface area contributed by atoms with Crippen LogP contribution in [-0.2, 0) is 0 Å². The summed E-state index contributed by atoms with van der Waals surface area (Å²) in [6, 6.07) is 0. The molecule has 2 N–H and O–H groups in total. The summed E-state index contributed by atoms with van der Waals surface area (Å²) in [5, 5.41) is 18.6. The van der Waals surface area contributed by atoms with E-state index in [-0.39, 0.29) is 0 Å². The van der Waals surface area contributed by atoms with Gasteiger partial charge in [0.25, 0.3) is 0 Å². The molecule has 0 saturated heterocycles. The van der Waals surface area contributed by atoms with Crippen molar-refractivity contribution in [3.63, 3.8) is 0 Å². The third kappa shape index (κ3) is 6.97. The van der Waals surface area contributed by atoms with Crippen LogP contribution in [0.2, 0.25) is 0 Å². The van der Waals surface area contributed by atoms with Crippen LogP contribution >= 0.6 is 46.4 Å². The van der Waals surface area contributed by atoms with Crippen LogP contribution in [0.3, 0.4) is 0 Å². The predicted molar refractivity (Wildman–Crippen MR) is 60.1 cm³/mol. The molecule has 0 aromatic heterocycles. The second-order valence-corrected chi connectivity index (χ2v) is 11.3. The highest BCUT2D eigenvalue weighted by atomic mass is 35.5. The lowest BCUT2D eigenvalue weighted by atomic mass is 10.8. The second kappa shape index (κ2) is 6.89. The normalized spacial score (nSPS) is 19.0. The topological polar surface area (TPSA) is 40.5 Å². The molecule has 0 fully saturated rings. The van der Waals surface area contributed by atoms with Crippen LogP contribution in [0.4, 0.5) is 0 Å². The molecule has 0 spiro atoms. The molecule has 2 atom stereocenters. The molecule has 74 valence electrons. The van der Waals surface area contributed by atoms with Gasteiger partial charge in [0.2, 0.25) is 0 Å². The third-order valence-corrected chi connectivity index (χ3v) is 6.86. The van der Waals surface area contributed by atoms with Crippen molar-refractivity contribution in [2.75, 3.05) is 0 Å². The quantitative estimate of drug-likeness (QED) is 0.528. The lowest BCUT2D eigenvalue weighted by Crippen LogP contribution is -2.40. The molecule has 2 nitrogen and oxygen atoms in total. The van der Waals surface area contributed by atoms with E-state index in [0.717, 1.165) is 0 Å². The van der Waals surface area contributed by atoms with Gasteiger partial charge in [-0.25, -0.2) is 0 Å². The Bertz CT molecular complexity index is 112. The van der Waals surface area contributed by atoms with Crippen LogP contribution in [0.5, 0.6) is 0 Å². The maximum Gasteiger partial charge on any atom is 0.0977 e. The van der Waals surface area contributed by atoms with Crippen LogP contribution in [0, 0.1) is 0 Å². The zero-order valence-electron chi connectivity index (χ0n) is 6.13. The number of rotatable bonds is 5. The molecule has 0 radical (unpaired) electrons. The molecule has 8 heteroatoms. The van der Waals surface area contributed by atoms with E-state index in [4.69, 9.17) is 46.4 Å². The van der Waals surface area contributed by atoms with Gasteiger partial charge < -0.3 is 10.2 Å². The zero-order valence-corrected chi connectivity index (χ0v) is 12.0. The lowest BCUT2D eigenvalue weighted by molar-refractivity contribution is 0.120. The zero-order chi connectivity index (χ0) is 9.72. The standard InChI is InChI=1S/C4H10Cl4O2Si2/c5-3(6)11-1(9)2(10)12-4(7)8/h1-4,9-10H,11-12H2. The molecule has 12 heavy (non-hydrogen) atoms. The molecular formula is C4H10Cl4O2Si2. The van der Waals surface area contributed by atoms with Gasteiger partial charge in [-0.2, -0.15) is 0 Å². The van der Waals surface area contributed by atoms with Crippen LogP contribution in [0.25, 0.3) is 0 Å². The van der Waals surface area contributed by atoms with Crippen LogP contribution < -0.4 is 0 Å². The van der Waals surface area contributed by atoms with E-state index in [9.17, 15) is 10.2 Å². The number of aliphatic hydroxyl groups is 2. The Hall–Kier alpha value is 1.51. The minimum Gasteiger partial charge on any atom is -0.395 e. The van der Waals surface area contributed by atoms with Gasteiger partial charge in [0, 0.05) is 0 Å². The molecule has 0 aliphatic rings. The first kappa shape index (κ1) is 13.5. The highest BCUT2D eigenvalue weighted by molar-refractivity contribution is 6.72. The first-order chi connectivity index (χ1) is 5.43. The van der Waals surface area contributed by atoms with Crippen LogP contribution in [-0.4, -0.2) is 49.6 Å². The molecule has 0 aromatic rings. The van der Waals surface area contributed by atoms with Gasteiger partial charge in [-0.15, -0.1) is 46.4 Å². The fourth-order valence-corrected chi connectivity index (χ4v) is 5.38. The second-order valence-electron chi connectivity index (χ2n) is 2.39. The smallest absolute Gasteiger partial charge is 0.0977 e. The van der Waals surface area contributed by atoms with Crippen LogP contribution in [0.1, 0.15) is 0 Å². The van der Waals surface area contributed by atoms with Crippen molar-refractivity contribution >= 4 is 65.4 Å². The highest BCUT2D eigenvalue weighted by Crippen LogP contribution is 2.07.